The van der Waals surface area contributed by atoms with E-state index in [9.17, 15) is 9.59 Å². The van der Waals surface area contributed by atoms with Crippen LogP contribution in [0.3, 0.4) is 0 Å². The minimum Gasteiger partial charge on any atom is -0.480 e. The zero-order valence-electron chi connectivity index (χ0n) is 7.90. The van der Waals surface area contributed by atoms with Crippen molar-refractivity contribution in [2.75, 3.05) is 0 Å². The van der Waals surface area contributed by atoms with E-state index in [2.05, 4.69) is 10.3 Å². The van der Waals surface area contributed by atoms with Gasteiger partial charge in [-0.05, 0) is 19.1 Å². The van der Waals surface area contributed by atoms with Crippen LogP contribution < -0.4 is 5.32 Å². The molecule has 1 amide bonds. The molecule has 0 saturated heterocycles. The van der Waals surface area contributed by atoms with Crippen molar-refractivity contribution in [3.8, 4) is 0 Å². The van der Waals surface area contributed by atoms with E-state index < -0.39 is 17.9 Å². The second kappa shape index (κ2) is 4.75. The van der Waals surface area contributed by atoms with Gasteiger partial charge < -0.3 is 10.4 Å². The van der Waals surface area contributed by atoms with Gasteiger partial charge in [-0.15, -0.1) is 0 Å². The lowest BCUT2D eigenvalue weighted by Crippen LogP contribution is -2.38. The Morgan fingerprint density at radius 1 is 1.60 bits per heavy atom. The number of hydrogen-bond donors (Lipinski definition) is 2. The quantitative estimate of drug-likeness (QED) is 0.807. The highest BCUT2D eigenvalue weighted by molar-refractivity contribution is 6.30. The smallest absolute Gasteiger partial charge is 0.325 e. The highest BCUT2D eigenvalue weighted by Crippen LogP contribution is 2.07. The molecule has 1 heterocycles. The highest BCUT2D eigenvalue weighted by atomic mass is 35.5. The number of carboxylic acid groups (broad SMARTS) is 1. The van der Waals surface area contributed by atoms with Crippen LogP contribution in [0.2, 0.25) is 5.02 Å². The summed E-state index contributed by atoms with van der Waals surface area (Å²) in [5.74, 6) is -1.67. The molecule has 0 aromatic carbocycles. The van der Waals surface area contributed by atoms with E-state index >= 15 is 0 Å². The number of aromatic nitrogens is 1. The molecule has 0 fully saturated rings. The Morgan fingerprint density at radius 2 is 2.27 bits per heavy atom. The summed E-state index contributed by atoms with van der Waals surface area (Å²) in [7, 11) is 0. The van der Waals surface area contributed by atoms with Crippen LogP contribution in [0.5, 0.6) is 0 Å². The van der Waals surface area contributed by atoms with Crippen LogP contribution in [0.15, 0.2) is 18.3 Å². The van der Waals surface area contributed by atoms with Gasteiger partial charge in [0.1, 0.15) is 11.7 Å². The second-order valence-electron chi connectivity index (χ2n) is 2.89. The lowest BCUT2D eigenvalue weighted by Gasteiger charge is -2.08. The fourth-order valence-corrected chi connectivity index (χ4v) is 1.02. The molecule has 0 bridgehead atoms. The third-order valence-corrected chi connectivity index (χ3v) is 1.91. The normalized spacial score (nSPS) is 11.9. The summed E-state index contributed by atoms with van der Waals surface area (Å²) in [4.78, 5) is 25.7. The van der Waals surface area contributed by atoms with Crippen molar-refractivity contribution in [2.24, 2.45) is 0 Å². The summed E-state index contributed by atoms with van der Waals surface area (Å²) >= 11 is 5.65. The van der Waals surface area contributed by atoms with E-state index in [1.807, 2.05) is 0 Å². The van der Waals surface area contributed by atoms with Gasteiger partial charge in [-0.25, -0.2) is 0 Å². The Bertz CT molecular complexity index is 395. The van der Waals surface area contributed by atoms with Gasteiger partial charge in [-0.3, -0.25) is 14.6 Å². The number of aliphatic carboxylic acids is 1. The van der Waals surface area contributed by atoms with Crippen molar-refractivity contribution < 1.29 is 14.7 Å². The van der Waals surface area contributed by atoms with Crippen molar-refractivity contribution in [1.82, 2.24) is 10.3 Å². The maximum absolute atomic E-state index is 11.4. The zero-order chi connectivity index (χ0) is 11.4. The molecule has 1 unspecified atom stereocenters. The molecule has 0 saturated carbocycles. The summed E-state index contributed by atoms with van der Waals surface area (Å²) in [6.45, 7) is 1.37. The molecule has 6 heteroatoms. The van der Waals surface area contributed by atoms with Gasteiger partial charge in [0, 0.05) is 11.2 Å². The average Bonchev–Trinajstić information content (AvgIpc) is 2.17. The van der Waals surface area contributed by atoms with E-state index in [0.717, 1.165) is 0 Å². The first-order valence-corrected chi connectivity index (χ1v) is 4.53. The molecule has 1 rings (SSSR count). The molecule has 0 radical (unpaired) electrons. The van der Waals surface area contributed by atoms with Gasteiger partial charge in [0.25, 0.3) is 5.91 Å². The largest absolute Gasteiger partial charge is 0.480 e. The van der Waals surface area contributed by atoms with Crippen molar-refractivity contribution in [2.45, 2.75) is 13.0 Å². The van der Waals surface area contributed by atoms with Crippen LogP contribution in [-0.4, -0.2) is 28.0 Å². The standard InChI is InChI=1S/C9H9ClN2O3/c1-5(9(14)15)12-8(13)7-4-6(10)2-3-11-7/h2-5H,1H3,(H,12,13)(H,14,15). The molecule has 1 aromatic heterocycles. The molecule has 1 aromatic rings. The molecule has 0 aliphatic carbocycles. The van der Waals surface area contributed by atoms with Crippen LogP contribution >= 0.6 is 11.6 Å². The first kappa shape index (κ1) is 11.5. The third-order valence-electron chi connectivity index (χ3n) is 1.67. The third kappa shape index (κ3) is 3.21. The highest BCUT2D eigenvalue weighted by Gasteiger charge is 2.15. The molecule has 2 N–H and O–H groups in total. The van der Waals surface area contributed by atoms with Gasteiger partial charge in [0.2, 0.25) is 0 Å². The maximum Gasteiger partial charge on any atom is 0.325 e. The van der Waals surface area contributed by atoms with Gasteiger partial charge in [0.15, 0.2) is 0 Å². The van der Waals surface area contributed by atoms with Crippen molar-refractivity contribution in [3.05, 3.63) is 29.0 Å². The number of carbonyl (C=O) groups is 2. The van der Waals surface area contributed by atoms with E-state index in [0.29, 0.717) is 5.02 Å². The first-order chi connectivity index (χ1) is 7.00. The maximum atomic E-state index is 11.4. The number of amides is 1. The SMILES string of the molecule is CC(NC(=O)c1cc(Cl)ccn1)C(=O)O. The van der Waals surface area contributed by atoms with Crippen LogP contribution in [0.4, 0.5) is 0 Å². The Kier molecular flexibility index (Phi) is 3.62. The number of hydrogen-bond acceptors (Lipinski definition) is 3. The predicted octanol–water partition coefficient (Wildman–Crippen LogP) is 0.938. The lowest BCUT2D eigenvalue weighted by atomic mass is 10.3. The molecular formula is C9H9ClN2O3. The number of rotatable bonds is 3. The van der Waals surface area contributed by atoms with Crippen LogP contribution in [-0.2, 0) is 4.79 Å². The number of carbonyl (C=O) groups excluding carboxylic acids is 1. The summed E-state index contributed by atoms with van der Waals surface area (Å²) in [6, 6.07) is 1.93. The molecule has 15 heavy (non-hydrogen) atoms. The van der Waals surface area contributed by atoms with E-state index in [1.54, 1.807) is 0 Å². The molecule has 1 atom stereocenters. The summed E-state index contributed by atoms with van der Waals surface area (Å²) in [6.07, 6.45) is 1.38. The zero-order valence-corrected chi connectivity index (χ0v) is 8.65. The minimum absolute atomic E-state index is 0.0931. The Balaban J connectivity index is 2.73. The second-order valence-corrected chi connectivity index (χ2v) is 3.33. The van der Waals surface area contributed by atoms with Gasteiger partial charge in [0.05, 0.1) is 0 Å². The number of nitrogens with one attached hydrogen (secondary N) is 1. The lowest BCUT2D eigenvalue weighted by molar-refractivity contribution is -0.138. The van der Waals surface area contributed by atoms with E-state index in [-0.39, 0.29) is 5.69 Å². The van der Waals surface area contributed by atoms with Crippen LogP contribution in [0.1, 0.15) is 17.4 Å². The number of nitrogens with zero attached hydrogens (tertiary/aromatic N) is 1. The van der Waals surface area contributed by atoms with E-state index in [4.69, 9.17) is 16.7 Å². The molecule has 0 aliphatic rings. The molecular weight excluding hydrogens is 220 g/mol. The molecule has 5 nitrogen and oxygen atoms in total. The summed E-state index contributed by atoms with van der Waals surface area (Å²) in [5.41, 5.74) is 0.0931. The van der Waals surface area contributed by atoms with Gasteiger partial charge in [-0.2, -0.15) is 0 Å². The summed E-state index contributed by atoms with van der Waals surface area (Å²) < 4.78 is 0. The summed E-state index contributed by atoms with van der Waals surface area (Å²) in [5, 5.41) is 11.2. The number of pyridine rings is 1. The van der Waals surface area contributed by atoms with Crippen molar-refractivity contribution in [1.29, 1.82) is 0 Å². The minimum atomic E-state index is -1.11. The van der Waals surface area contributed by atoms with Crippen molar-refractivity contribution in [3.63, 3.8) is 0 Å². The topological polar surface area (TPSA) is 79.3 Å². The molecule has 0 aliphatic heterocycles. The fourth-order valence-electron chi connectivity index (χ4n) is 0.861. The van der Waals surface area contributed by atoms with Gasteiger partial charge >= 0.3 is 5.97 Å². The average molecular weight is 229 g/mol. The van der Waals surface area contributed by atoms with Gasteiger partial charge in [-0.1, -0.05) is 11.6 Å². The number of carboxylic acids is 1. The predicted molar refractivity (Wildman–Crippen MR) is 53.8 cm³/mol. The number of halogens is 1. The Hall–Kier alpha value is -1.62. The molecule has 80 valence electrons. The Labute approximate surface area is 91.1 Å². The molecule has 0 spiro atoms. The first-order valence-electron chi connectivity index (χ1n) is 4.16. The Morgan fingerprint density at radius 3 is 2.80 bits per heavy atom. The van der Waals surface area contributed by atoms with E-state index in [1.165, 1.54) is 25.3 Å². The van der Waals surface area contributed by atoms with Crippen LogP contribution in [0.25, 0.3) is 0 Å². The van der Waals surface area contributed by atoms with Crippen molar-refractivity contribution >= 4 is 23.5 Å². The fraction of sp³-hybridized carbons (Fsp3) is 0.222. The van der Waals surface area contributed by atoms with Crippen LogP contribution in [0, 0.1) is 0 Å². The monoisotopic (exact) mass is 228 g/mol.